The quantitative estimate of drug-likeness (QED) is 0.589. The number of nitriles is 1. The van der Waals surface area contributed by atoms with E-state index in [9.17, 15) is 4.79 Å². The average Bonchev–Trinajstić information content (AvgIpc) is 2.17. The van der Waals surface area contributed by atoms with Crippen LogP contribution in [0, 0.1) is 11.3 Å². The number of nitrogens with zero attached hydrogens (tertiary/aromatic N) is 3. The summed E-state index contributed by atoms with van der Waals surface area (Å²) in [5.41, 5.74) is 0. The minimum absolute atomic E-state index is 0.0798. The Morgan fingerprint density at radius 3 is 2.50 bits per heavy atom. The van der Waals surface area contributed by atoms with Gasteiger partial charge in [0, 0.05) is 13.6 Å². The number of carbonyl (C=O) groups is 1. The van der Waals surface area contributed by atoms with Crippen LogP contribution in [-0.4, -0.2) is 48.9 Å². The van der Waals surface area contributed by atoms with Crippen molar-refractivity contribution < 1.29 is 4.79 Å². The third kappa shape index (κ3) is 4.83. The summed E-state index contributed by atoms with van der Waals surface area (Å²) >= 11 is 0. The molecule has 14 heavy (non-hydrogen) atoms. The molecule has 0 aliphatic rings. The van der Waals surface area contributed by atoms with Gasteiger partial charge in [-0.2, -0.15) is 5.26 Å². The Hall–Kier alpha value is -1.08. The summed E-state index contributed by atoms with van der Waals surface area (Å²) in [5, 5.41) is 8.56. The Labute approximate surface area is 86.1 Å². The lowest BCUT2D eigenvalue weighted by molar-refractivity contribution is -0.130. The molecule has 0 N–H and O–H groups in total. The normalized spacial score (nSPS) is 9.93. The van der Waals surface area contributed by atoms with E-state index in [2.05, 4.69) is 6.07 Å². The molecule has 0 atom stereocenters. The van der Waals surface area contributed by atoms with E-state index in [1.54, 1.807) is 11.9 Å². The number of hydrogen-bond donors (Lipinski definition) is 0. The topological polar surface area (TPSA) is 47.3 Å². The lowest BCUT2D eigenvalue weighted by atomic mass is 10.3. The molecular weight excluding hydrogens is 178 g/mol. The third-order valence-electron chi connectivity index (χ3n) is 2.09. The molecule has 4 nitrogen and oxygen atoms in total. The molecular formula is C10H19N3O. The molecule has 0 aromatic rings. The van der Waals surface area contributed by atoms with Crippen molar-refractivity contribution in [1.29, 1.82) is 5.26 Å². The summed E-state index contributed by atoms with van der Waals surface area (Å²) in [6.07, 6.45) is 0.963. The molecule has 0 saturated carbocycles. The summed E-state index contributed by atoms with van der Waals surface area (Å²) in [7, 11) is 1.78. The van der Waals surface area contributed by atoms with Gasteiger partial charge in [-0.15, -0.1) is 0 Å². The van der Waals surface area contributed by atoms with Crippen LogP contribution in [0.2, 0.25) is 0 Å². The van der Waals surface area contributed by atoms with Gasteiger partial charge in [-0.3, -0.25) is 9.69 Å². The van der Waals surface area contributed by atoms with Crippen molar-refractivity contribution in [3.63, 3.8) is 0 Å². The zero-order valence-corrected chi connectivity index (χ0v) is 9.29. The maximum Gasteiger partial charge on any atom is 0.236 e. The standard InChI is InChI=1S/C10H19N3O/c1-4-7-13(8-6-11)9-10(14)12(3)5-2/h4-5,7-9H2,1-3H3. The maximum absolute atomic E-state index is 11.5. The van der Waals surface area contributed by atoms with Gasteiger partial charge < -0.3 is 4.90 Å². The van der Waals surface area contributed by atoms with Gasteiger partial charge in [0.25, 0.3) is 0 Å². The van der Waals surface area contributed by atoms with Gasteiger partial charge in [0.15, 0.2) is 0 Å². The van der Waals surface area contributed by atoms with Crippen LogP contribution in [0.5, 0.6) is 0 Å². The first-order valence-electron chi connectivity index (χ1n) is 4.98. The predicted octanol–water partition coefficient (Wildman–Crippen LogP) is 0.700. The molecule has 4 heteroatoms. The summed E-state index contributed by atoms with van der Waals surface area (Å²) < 4.78 is 0. The molecule has 0 aromatic carbocycles. The lowest BCUT2D eigenvalue weighted by Crippen LogP contribution is -2.38. The van der Waals surface area contributed by atoms with Crippen molar-refractivity contribution in [1.82, 2.24) is 9.80 Å². The molecule has 1 amide bonds. The summed E-state index contributed by atoms with van der Waals surface area (Å²) in [6.45, 7) is 6.18. The van der Waals surface area contributed by atoms with Crippen LogP contribution < -0.4 is 0 Å². The highest BCUT2D eigenvalue weighted by Gasteiger charge is 2.11. The van der Waals surface area contributed by atoms with Crippen LogP contribution in [0.3, 0.4) is 0 Å². The molecule has 0 radical (unpaired) electrons. The van der Waals surface area contributed by atoms with Crippen LogP contribution in [0.4, 0.5) is 0 Å². The predicted molar refractivity (Wildman–Crippen MR) is 55.7 cm³/mol. The number of amides is 1. The summed E-state index contributed by atoms with van der Waals surface area (Å²) in [6, 6.07) is 2.07. The fraction of sp³-hybridized carbons (Fsp3) is 0.800. The second-order valence-electron chi connectivity index (χ2n) is 3.28. The first-order valence-corrected chi connectivity index (χ1v) is 4.98. The molecule has 0 heterocycles. The van der Waals surface area contributed by atoms with Crippen molar-refractivity contribution in [3.8, 4) is 6.07 Å². The molecule has 0 aliphatic heterocycles. The van der Waals surface area contributed by atoms with Crippen LogP contribution in [0.1, 0.15) is 20.3 Å². The number of rotatable bonds is 6. The van der Waals surface area contributed by atoms with Crippen LogP contribution in [0.15, 0.2) is 0 Å². The number of hydrogen-bond acceptors (Lipinski definition) is 3. The maximum atomic E-state index is 11.5. The largest absolute Gasteiger partial charge is 0.345 e. The van der Waals surface area contributed by atoms with E-state index >= 15 is 0 Å². The fourth-order valence-corrected chi connectivity index (χ4v) is 1.12. The first-order chi connectivity index (χ1) is 6.65. The first kappa shape index (κ1) is 12.9. The van der Waals surface area contributed by atoms with Gasteiger partial charge in [0.05, 0.1) is 19.2 Å². The van der Waals surface area contributed by atoms with E-state index in [0.29, 0.717) is 19.6 Å². The number of carbonyl (C=O) groups excluding carboxylic acids is 1. The molecule has 80 valence electrons. The van der Waals surface area contributed by atoms with Crippen LogP contribution in [0.25, 0.3) is 0 Å². The van der Waals surface area contributed by atoms with E-state index in [-0.39, 0.29) is 5.91 Å². The Balaban J connectivity index is 4.02. The highest BCUT2D eigenvalue weighted by molar-refractivity contribution is 5.77. The minimum Gasteiger partial charge on any atom is -0.345 e. The molecule has 0 bridgehead atoms. The molecule has 0 aliphatic carbocycles. The minimum atomic E-state index is 0.0798. The van der Waals surface area contributed by atoms with Crippen molar-refractivity contribution in [2.45, 2.75) is 20.3 Å². The van der Waals surface area contributed by atoms with Gasteiger partial charge in [0.2, 0.25) is 5.91 Å². The Bertz CT molecular complexity index is 210. The number of likely N-dealkylation sites (N-methyl/N-ethyl adjacent to an activating group) is 1. The molecule has 0 saturated heterocycles. The lowest BCUT2D eigenvalue weighted by Gasteiger charge is -2.21. The Morgan fingerprint density at radius 2 is 2.07 bits per heavy atom. The van der Waals surface area contributed by atoms with E-state index < -0.39 is 0 Å². The van der Waals surface area contributed by atoms with E-state index in [1.165, 1.54) is 0 Å². The summed E-state index contributed by atoms with van der Waals surface area (Å²) in [4.78, 5) is 15.0. The molecule has 0 aromatic heterocycles. The molecule has 0 spiro atoms. The van der Waals surface area contributed by atoms with Gasteiger partial charge in [-0.1, -0.05) is 6.92 Å². The second kappa shape index (κ2) is 7.34. The SMILES string of the molecule is CCCN(CC#N)CC(=O)N(C)CC. The Morgan fingerprint density at radius 1 is 1.43 bits per heavy atom. The Kier molecular flexibility index (Phi) is 6.77. The van der Waals surface area contributed by atoms with Crippen molar-refractivity contribution in [2.75, 3.05) is 33.2 Å². The van der Waals surface area contributed by atoms with Gasteiger partial charge in [-0.05, 0) is 19.9 Å². The molecule has 0 rings (SSSR count). The van der Waals surface area contributed by atoms with Crippen molar-refractivity contribution >= 4 is 5.91 Å². The van der Waals surface area contributed by atoms with E-state index in [4.69, 9.17) is 5.26 Å². The molecule has 0 fully saturated rings. The fourth-order valence-electron chi connectivity index (χ4n) is 1.12. The monoisotopic (exact) mass is 197 g/mol. The van der Waals surface area contributed by atoms with Crippen molar-refractivity contribution in [3.05, 3.63) is 0 Å². The van der Waals surface area contributed by atoms with Crippen LogP contribution in [-0.2, 0) is 4.79 Å². The summed E-state index contributed by atoms with van der Waals surface area (Å²) in [5.74, 6) is 0.0798. The highest BCUT2D eigenvalue weighted by Crippen LogP contribution is 1.93. The average molecular weight is 197 g/mol. The smallest absolute Gasteiger partial charge is 0.236 e. The van der Waals surface area contributed by atoms with E-state index in [0.717, 1.165) is 13.0 Å². The zero-order valence-electron chi connectivity index (χ0n) is 9.29. The van der Waals surface area contributed by atoms with Gasteiger partial charge in [0.1, 0.15) is 0 Å². The van der Waals surface area contributed by atoms with E-state index in [1.807, 2.05) is 18.7 Å². The van der Waals surface area contributed by atoms with Crippen molar-refractivity contribution in [2.24, 2.45) is 0 Å². The van der Waals surface area contributed by atoms with Gasteiger partial charge >= 0.3 is 0 Å². The highest BCUT2D eigenvalue weighted by atomic mass is 16.2. The van der Waals surface area contributed by atoms with Crippen LogP contribution >= 0.6 is 0 Å². The third-order valence-corrected chi connectivity index (χ3v) is 2.09. The van der Waals surface area contributed by atoms with Gasteiger partial charge in [-0.25, -0.2) is 0 Å². The second-order valence-corrected chi connectivity index (χ2v) is 3.28. The zero-order chi connectivity index (χ0) is 11.0. The molecule has 0 unspecified atom stereocenters.